The van der Waals surface area contributed by atoms with E-state index in [0.29, 0.717) is 5.75 Å². The van der Waals surface area contributed by atoms with Crippen molar-refractivity contribution in [2.45, 2.75) is 13.3 Å². The van der Waals surface area contributed by atoms with Crippen molar-refractivity contribution in [3.63, 3.8) is 0 Å². The Labute approximate surface area is 111 Å². The van der Waals surface area contributed by atoms with Crippen LogP contribution < -0.4 is 0 Å². The molecule has 3 aromatic rings. The van der Waals surface area contributed by atoms with Crippen LogP contribution in [0.5, 0.6) is 5.75 Å². The fraction of sp³-hybridized carbons (Fsp3) is 0.125. The number of fused-ring (bicyclic) bond motifs is 1. The van der Waals surface area contributed by atoms with Gasteiger partial charge < -0.3 is 5.11 Å². The van der Waals surface area contributed by atoms with E-state index in [1.807, 2.05) is 47.7 Å². The highest BCUT2D eigenvalue weighted by molar-refractivity contribution is 7.09. The Morgan fingerprint density at radius 2 is 1.72 bits per heavy atom. The van der Waals surface area contributed by atoms with E-state index in [1.165, 1.54) is 11.3 Å². The van der Waals surface area contributed by atoms with Gasteiger partial charge in [0, 0.05) is 10.3 Å². The van der Waals surface area contributed by atoms with Crippen LogP contribution in [0.1, 0.15) is 11.8 Å². The van der Waals surface area contributed by atoms with E-state index in [9.17, 15) is 5.11 Å². The first-order valence-corrected chi connectivity index (χ1v) is 6.88. The summed E-state index contributed by atoms with van der Waals surface area (Å²) < 4.78 is 0. The third-order valence-electron chi connectivity index (χ3n) is 2.70. The molecule has 92 valence electrons. The second kappa shape index (κ2) is 6.22. The molecule has 18 heavy (non-hydrogen) atoms. The van der Waals surface area contributed by atoms with E-state index in [1.54, 1.807) is 6.07 Å². The van der Waals surface area contributed by atoms with Gasteiger partial charge >= 0.3 is 0 Å². The van der Waals surface area contributed by atoms with Crippen LogP contribution in [0.15, 0.2) is 60.0 Å². The van der Waals surface area contributed by atoms with E-state index >= 15 is 0 Å². The Bertz CT molecular complexity index is 594. The van der Waals surface area contributed by atoms with Gasteiger partial charge in [-0.2, -0.15) is 0 Å². The molecule has 3 rings (SSSR count). The van der Waals surface area contributed by atoms with Crippen LogP contribution >= 0.6 is 11.3 Å². The fourth-order valence-corrected chi connectivity index (χ4v) is 2.38. The lowest BCUT2D eigenvalue weighted by Crippen LogP contribution is -1.70. The number of hydrogen-bond acceptors (Lipinski definition) is 2. The number of benzene rings is 2. The molecule has 0 saturated carbocycles. The second-order valence-electron chi connectivity index (χ2n) is 3.93. The largest absolute Gasteiger partial charge is 0.507 e. The third kappa shape index (κ3) is 3.11. The Morgan fingerprint density at radius 3 is 2.33 bits per heavy atom. The molecule has 2 aromatic carbocycles. The first kappa shape index (κ1) is 12.7. The number of aryl methyl sites for hydroxylation is 1. The monoisotopic (exact) mass is 256 g/mol. The van der Waals surface area contributed by atoms with Crippen LogP contribution in [0.3, 0.4) is 0 Å². The minimum absolute atomic E-state index is 0.350. The summed E-state index contributed by atoms with van der Waals surface area (Å²) in [6.45, 7) is 2.17. The van der Waals surface area contributed by atoms with Crippen molar-refractivity contribution in [1.82, 2.24) is 0 Å². The average molecular weight is 256 g/mol. The SMILES string of the molecule is CCc1cccs1.Oc1cccc2ccccc12. The fourth-order valence-electron chi connectivity index (χ4n) is 1.72. The van der Waals surface area contributed by atoms with Gasteiger partial charge in [-0.25, -0.2) is 0 Å². The summed E-state index contributed by atoms with van der Waals surface area (Å²) in [7, 11) is 0. The molecular formula is C16H16OS. The molecule has 0 aliphatic carbocycles. The van der Waals surface area contributed by atoms with E-state index in [-0.39, 0.29) is 0 Å². The lowest BCUT2D eigenvalue weighted by molar-refractivity contribution is 0.481. The smallest absolute Gasteiger partial charge is 0.123 e. The third-order valence-corrected chi connectivity index (χ3v) is 3.72. The van der Waals surface area contributed by atoms with E-state index in [0.717, 1.165) is 10.8 Å². The zero-order valence-corrected chi connectivity index (χ0v) is 11.2. The van der Waals surface area contributed by atoms with Gasteiger partial charge in [0.05, 0.1) is 0 Å². The van der Waals surface area contributed by atoms with Crippen LogP contribution in [0.2, 0.25) is 0 Å². The van der Waals surface area contributed by atoms with Gasteiger partial charge in [0.1, 0.15) is 5.75 Å². The number of phenols is 1. The van der Waals surface area contributed by atoms with Gasteiger partial charge in [-0.3, -0.25) is 0 Å². The molecule has 0 bridgehead atoms. The maximum absolute atomic E-state index is 9.37. The summed E-state index contributed by atoms with van der Waals surface area (Å²) in [5.74, 6) is 0.350. The Morgan fingerprint density at radius 1 is 0.944 bits per heavy atom. The minimum atomic E-state index is 0.350. The van der Waals surface area contributed by atoms with E-state index < -0.39 is 0 Å². The van der Waals surface area contributed by atoms with Crippen molar-refractivity contribution in [3.8, 4) is 5.75 Å². The van der Waals surface area contributed by atoms with E-state index in [4.69, 9.17) is 0 Å². The van der Waals surface area contributed by atoms with Gasteiger partial charge in [-0.05, 0) is 29.3 Å². The zero-order valence-electron chi connectivity index (χ0n) is 10.3. The Balaban J connectivity index is 0.000000149. The van der Waals surface area contributed by atoms with E-state index in [2.05, 4.69) is 24.4 Å². The maximum Gasteiger partial charge on any atom is 0.123 e. The summed E-state index contributed by atoms with van der Waals surface area (Å²) >= 11 is 1.82. The number of thiophene rings is 1. The molecular weight excluding hydrogens is 240 g/mol. The highest BCUT2D eigenvalue weighted by atomic mass is 32.1. The minimum Gasteiger partial charge on any atom is -0.507 e. The normalized spacial score (nSPS) is 9.83. The summed E-state index contributed by atoms with van der Waals surface area (Å²) in [4.78, 5) is 1.47. The summed E-state index contributed by atoms with van der Waals surface area (Å²) in [5.41, 5.74) is 0. The highest BCUT2D eigenvalue weighted by Gasteiger charge is 1.94. The molecule has 0 amide bonds. The number of hydrogen-bond donors (Lipinski definition) is 1. The van der Waals surface area contributed by atoms with Crippen molar-refractivity contribution >= 4 is 22.1 Å². The van der Waals surface area contributed by atoms with Crippen LogP contribution in [-0.4, -0.2) is 5.11 Å². The molecule has 0 fully saturated rings. The lowest BCUT2D eigenvalue weighted by Gasteiger charge is -1.97. The molecule has 0 radical (unpaired) electrons. The molecule has 0 aliphatic rings. The highest BCUT2D eigenvalue weighted by Crippen LogP contribution is 2.22. The van der Waals surface area contributed by atoms with Crippen LogP contribution in [-0.2, 0) is 6.42 Å². The summed E-state index contributed by atoms with van der Waals surface area (Å²) in [6, 6.07) is 17.5. The molecule has 1 heterocycles. The molecule has 0 spiro atoms. The topological polar surface area (TPSA) is 20.2 Å². The predicted octanol–water partition coefficient (Wildman–Crippen LogP) is 4.86. The molecule has 2 heteroatoms. The first-order chi connectivity index (χ1) is 8.81. The van der Waals surface area contributed by atoms with Crippen LogP contribution in [0.4, 0.5) is 0 Å². The first-order valence-electron chi connectivity index (χ1n) is 6.00. The quantitative estimate of drug-likeness (QED) is 0.659. The van der Waals surface area contributed by atoms with Crippen LogP contribution in [0.25, 0.3) is 10.8 Å². The van der Waals surface area contributed by atoms with Crippen molar-refractivity contribution in [1.29, 1.82) is 0 Å². The maximum atomic E-state index is 9.37. The van der Waals surface area contributed by atoms with Crippen molar-refractivity contribution in [3.05, 3.63) is 64.9 Å². The standard InChI is InChI=1S/C10H8O.C6H8S/c11-10-7-3-5-8-4-1-2-6-9(8)10;1-2-6-4-3-5-7-6/h1-7,11H;3-5H,2H2,1H3. The molecule has 1 N–H and O–H groups in total. The summed E-state index contributed by atoms with van der Waals surface area (Å²) in [5, 5.41) is 13.5. The molecule has 1 aromatic heterocycles. The lowest BCUT2D eigenvalue weighted by atomic mass is 10.1. The van der Waals surface area contributed by atoms with Gasteiger partial charge in [0.2, 0.25) is 0 Å². The number of aromatic hydroxyl groups is 1. The second-order valence-corrected chi connectivity index (χ2v) is 4.96. The van der Waals surface area contributed by atoms with Crippen LogP contribution in [0, 0.1) is 0 Å². The van der Waals surface area contributed by atoms with Crippen molar-refractivity contribution < 1.29 is 5.11 Å². The van der Waals surface area contributed by atoms with Gasteiger partial charge in [-0.15, -0.1) is 11.3 Å². The van der Waals surface area contributed by atoms with Crippen molar-refractivity contribution in [2.75, 3.05) is 0 Å². The van der Waals surface area contributed by atoms with Gasteiger partial charge in [0.25, 0.3) is 0 Å². The molecule has 0 unspecified atom stereocenters. The Kier molecular flexibility index (Phi) is 4.37. The predicted molar refractivity (Wildman–Crippen MR) is 79.3 cm³/mol. The molecule has 0 atom stereocenters. The molecule has 0 saturated heterocycles. The summed E-state index contributed by atoms with van der Waals surface area (Å²) in [6.07, 6.45) is 1.18. The Hall–Kier alpha value is -1.80. The van der Waals surface area contributed by atoms with Gasteiger partial charge in [-0.1, -0.05) is 49.4 Å². The number of rotatable bonds is 1. The molecule has 0 aliphatic heterocycles. The zero-order chi connectivity index (χ0) is 12.8. The van der Waals surface area contributed by atoms with Gasteiger partial charge in [0.15, 0.2) is 0 Å². The van der Waals surface area contributed by atoms with Crippen molar-refractivity contribution in [2.24, 2.45) is 0 Å². The number of phenolic OH excluding ortho intramolecular Hbond substituents is 1. The molecule has 1 nitrogen and oxygen atoms in total. The average Bonchev–Trinajstić information content (AvgIpc) is 2.93.